The van der Waals surface area contributed by atoms with Gasteiger partial charge in [0.05, 0.1) is 0 Å². The van der Waals surface area contributed by atoms with Gasteiger partial charge in [-0.05, 0) is 140 Å². The minimum atomic E-state index is -3.97. The Bertz CT molecular complexity index is 1680. The Morgan fingerprint density at radius 1 is 0.703 bits per heavy atom. The fraction of sp³-hybridized carbons (Fsp3) is 0.188. The molecule has 0 amide bonds. The summed E-state index contributed by atoms with van der Waals surface area (Å²) in [6.07, 6.45) is 3.54. The second-order valence-corrected chi connectivity index (χ2v) is 9.03. The van der Waals surface area contributed by atoms with Crippen LogP contribution in [0.15, 0.2) is 53.4 Å². The molecular formula is C32H21NO3S. The van der Waals surface area contributed by atoms with E-state index in [1.165, 1.54) is 6.42 Å². The average Bonchev–Trinajstić information content (AvgIpc) is 2.92. The lowest BCUT2D eigenvalue weighted by atomic mass is 10.1. The van der Waals surface area contributed by atoms with Crippen molar-refractivity contribution >= 4 is 15.8 Å². The van der Waals surface area contributed by atoms with Crippen LogP contribution in [-0.4, -0.2) is 21.5 Å². The van der Waals surface area contributed by atoms with Gasteiger partial charge in [0.2, 0.25) is 0 Å². The Labute approximate surface area is 219 Å². The van der Waals surface area contributed by atoms with Crippen LogP contribution in [-0.2, 0) is 10.1 Å². The smallest absolute Gasteiger partial charge is 0.339 e. The van der Waals surface area contributed by atoms with Gasteiger partial charge in [-0.3, -0.25) is 0 Å². The van der Waals surface area contributed by atoms with E-state index in [1.54, 1.807) is 43.3 Å². The van der Waals surface area contributed by atoms with Crippen molar-refractivity contribution in [3.8, 4) is 88.6 Å². The Kier molecular flexibility index (Phi) is 10.3. The lowest BCUT2D eigenvalue weighted by Gasteiger charge is -2.28. The Morgan fingerprint density at radius 2 is 1.27 bits per heavy atom. The third kappa shape index (κ3) is 9.23. The van der Waals surface area contributed by atoms with Crippen LogP contribution >= 0.6 is 0 Å². The summed E-state index contributed by atoms with van der Waals surface area (Å²) in [7, 11) is -3.97. The molecule has 4 nitrogen and oxygen atoms in total. The molecule has 0 aliphatic carbocycles. The van der Waals surface area contributed by atoms with E-state index in [1.807, 2.05) is 12.1 Å². The molecule has 0 aromatic heterocycles. The van der Waals surface area contributed by atoms with E-state index in [-0.39, 0.29) is 10.6 Å². The maximum atomic E-state index is 12.7. The van der Waals surface area contributed by atoms with Gasteiger partial charge in [-0.1, -0.05) is 17.9 Å². The van der Waals surface area contributed by atoms with Gasteiger partial charge in [0.25, 0.3) is 0 Å². The molecule has 0 saturated carbocycles. The van der Waals surface area contributed by atoms with Crippen LogP contribution in [0.2, 0.25) is 0 Å². The molecule has 0 atom stereocenters. The predicted molar refractivity (Wildman–Crippen MR) is 146 cm³/mol. The highest BCUT2D eigenvalue weighted by Crippen LogP contribution is 2.24. The predicted octanol–water partition coefficient (Wildman–Crippen LogP) is 3.84. The summed E-state index contributed by atoms with van der Waals surface area (Å²) in [6, 6.07) is 13.3. The Hall–Kier alpha value is -5.09. The van der Waals surface area contributed by atoms with Gasteiger partial charge in [-0.25, -0.2) is 0 Å². The SMILES string of the molecule is CC#CC#CC#CC#CC#CC#CC#Cc1cccc(OS(=O)(=O)c2ccc(N3CCCCC3)cc2)c1. The number of piperidine rings is 1. The van der Waals surface area contributed by atoms with Gasteiger partial charge in [0, 0.05) is 24.3 Å². The van der Waals surface area contributed by atoms with Gasteiger partial charge in [0.1, 0.15) is 10.6 Å². The van der Waals surface area contributed by atoms with Crippen LogP contribution in [0.5, 0.6) is 5.75 Å². The highest BCUT2D eigenvalue weighted by molar-refractivity contribution is 7.87. The maximum Gasteiger partial charge on any atom is 0.339 e. The van der Waals surface area contributed by atoms with Gasteiger partial charge in [-0.2, -0.15) is 8.42 Å². The average molecular weight is 500 g/mol. The van der Waals surface area contributed by atoms with Crippen molar-refractivity contribution in [1.82, 2.24) is 0 Å². The zero-order valence-corrected chi connectivity index (χ0v) is 21.1. The molecule has 1 heterocycles. The number of hydrogen-bond acceptors (Lipinski definition) is 4. The molecule has 3 rings (SSSR count). The zero-order valence-electron chi connectivity index (χ0n) is 20.2. The van der Waals surface area contributed by atoms with Crippen molar-refractivity contribution in [2.24, 2.45) is 0 Å². The van der Waals surface area contributed by atoms with Gasteiger partial charge in [-0.15, -0.1) is 0 Å². The van der Waals surface area contributed by atoms with Crippen molar-refractivity contribution in [1.29, 1.82) is 0 Å². The summed E-state index contributed by atoms with van der Waals surface area (Å²) in [6.45, 7) is 3.67. The molecule has 0 bridgehead atoms. The lowest BCUT2D eigenvalue weighted by Crippen LogP contribution is -2.29. The van der Waals surface area contributed by atoms with Crippen LogP contribution in [0.1, 0.15) is 31.7 Å². The third-order valence-corrected chi connectivity index (χ3v) is 6.17. The summed E-state index contributed by atoms with van der Waals surface area (Å²) in [5, 5.41) is 0. The molecule has 0 unspecified atom stereocenters. The molecule has 5 heteroatoms. The van der Waals surface area contributed by atoms with Gasteiger partial charge >= 0.3 is 10.1 Å². The van der Waals surface area contributed by atoms with Crippen LogP contribution < -0.4 is 9.08 Å². The van der Waals surface area contributed by atoms with E-state index < -0.39 is 10.1 Å². The van der Waals surface area contributed by atoms with Crippen molar-refractivity contribution < 1.29 is 12.6 Å². The van der Waals surface area contributed by atoms with Crippen LogP contribution in [0.25, 0.3) is 0 Å². The second-order valence-electron chi connectivity index (χ2n) is 7.48. The molecule has 0 radical (unpaired) electrons. The Balaban J connectivity index is 1.59. The lowest BCUT2D eigenvalue weighted by molar-refractivity contribution is 0.486. The van der Waals surface area contributed by atoms with Gasteiger partial charge in [0.15, 0.2) is 0 Å². The molecule has 37 heavy (non-hydrogen) atoms. The molecule has 178 valence electrons. The molecular weight excluding hydrogens is 478 g/mol. The summed E-state index contributed by atoms with van der Waals surface area (Å²) < 4.78 is 30.8. The number of anilines is 1. The summed E-state index contributed by atoms with van der Waals surface area (Å²) >= 11 is 0. The third-order valence-electron chi connectivity index (χ3n) is 4.91. The number of rotatable bonds is 4. The maximum absolute atomic E-state index is 12.7. The topological polar surface area (TPSA) is 46.6 Å². The summed E-state index contributed by atoms with van der Waals surface area (Å²) in [5.74, 6) is 36.3. The first-order valence-electron chi connectivity index (χ1n) is 11.4. The number of hydrogen-bond donors (Lipinski definition) is 0. The summed E-state index contributed by atoms with van der Waals surface area (Å²) in [5.41, 5.74) is 1.57. The van der Waals surface area contributed by atoms with E-state index >= 15 is 0 Å². The zero-order chi connectivity index (χ0) is 26.2. The van der Waals surface area contributed by atoms with E-state index in [0.717, 1.165) is 31.6 Å². The molecule has 1 fully saturated rings. The van der Waals surface area contributed by atoms with Gasteiger partial charge < -0.3 is 9.08 Å². The fourth-order valence-electron chi connectivity index (χ4n) is 3.25. The highest BCUT2D eigenvalue weighted by Gasteiger charge is 2.18. The fourth-order valence-corrected chi connectivity index (χ4v) is 4.18. The molecule has 1 aliphatic rings. The van der Waals surface area contributed by atoms with E-state index in [9.17, 15) is 8.42 Å². The molecule has 0 spiro atoms. The molecule has 2 aromatic carbocycles. The molecule has 1 aliphatic heterocycles. The van der Waals surface area contributed by atoms with Crippen molar-refractivity contribution in [3.05, 3.63) is 54.1 Å². The molecule has 2 aromatic rings. The standard InChI is InChI=1S/C32H21NO3S/c1-2-3-4-5-6-7-8-9-10-11-12-13-15-19-29-20-18-21-31(28-29)36-37(34,35)32-24-22-30(23-25-32)33-26-16-14-17-27-33/h18,20-25,28H,14,16-17,26-27H2,1H3. The minimum absolute atomic E-state index is 0.0991. The van der Waals surface area contributed by atoms with Crippen LogP contribution in [0, 0.1) is 82.9 Å². The largest absolute Gasteiger partial charge is 0.379 e. The second kappa shape index (κ2) is 14.3. The minimum Gasteiger partial charge on any atom is -0.379 e. The van der Waals surface area contributed by atoms with E-state index in [0.29, 0.717) is 5.56 Å². The van der Waals surface area contributed by atoms with Crippen LogP contribution in [0.3, 0.4) is 0 Å². The monoisotopic (exact) mass is 499 g/mol. The van der Waals surface area contributed by atoms with E-state index in [4.69, 9.17) is 4.18 Å². The number of nitrogens with zero attached hydrogens (tertiary/aromatic N) is 1. The first-order chi connectivity index (χ1) is 18.1. The van der Waals surface area contributed by atoms with E-state index in [2.05, 4.69) is 87.8 Å². The normalized spacial score (nSPS) is 11.1. The quantitative estimate of drug-likeness (QED) is 0.474. The Morgan fingerprint density at radius 3 is 1.86 bits per heavy atom. The first-order valence-corrected chi connectivity index (χ1v) is 12.8. The van der Waals surface area contributed by atoms with Crippen molar-refractivity contribution in [2.45, 2.75) is 31.1 Å². The van der Waals surface area contributed by atoms with Crippen molar-refractivity contribution in [2.75, 3.05) is 18.0 Å². The van der Waals surface area contributed by atoms with Crippen molar-refractivity contribution in [3.63, 3.8) is 0 Å². The molecule has 0 N–H and O–H groups in total. The first kappa shape index (κ1) is 26.5. The molecule has 1 saturated heterocycles. The number of benzene rings is 2. The highest BCUT2D eigenvalue weighted by atomic mass is 32.2. The van der Waals surface area contributed by atoms with Crippen LogP contribution in [0.4, 0.5) is 5.69 Å². The summed E-state index contributed by atoms with van der Waals surface area (Å²) in [4.78, 5) is 2.36.